The Kier molecular flexibility index (Phi) is 5.43. The van der Waals surface area contributed by atoms with E-state index in [0.717, 1.165) is 28.0 Å². The Morgan fingerprint density at radius 2 is 1.94 bits per heavy atom. The van der Waals surface area contributed by atoms with Crippen LogP contribution < -0.4 is 10.1 Å². The summed E-state index contributed by atoms with van der Waals surface area (Å²) in [5.41, 5.74) is 4.31. The van der Waals surface area contributed by atoms with Gasteiger partial charge in [0.25, 0.3) is 0 Å². The minimum Gasteiger partial charge on any atom is -0.490 e. The summed E-state index contributed by atoms with van der Waals surface area (Å²) in [6.45, 7) is 7.17. The number of hydrogen-bond acceptors (Lipinski definition) is 8. The van der Waals surface area contributed by atoms with Crippen molar-refractivity contribution in [3.8, 4) is 16.9 Å². The molecular formula is C24H26N6O3. The SMILES string of the molecule is Cc1cc(-c2ccn3nc(Nc4cc(C)nc(C)n4)cc3c2)c(OCC2(CO)COC2)cn1. The van der Waals surface area contributed by atoms with Gasteiger partial charge in [-0.2, -0.15) is 5.10 Å². The summed E-state index contributed by atoms with van der Waals surface area (Å²) < 4.78 is 13.2. The summed E-state index contributed by atoms with van der Waals surface area (Å²) in [6, 6.07) is 9.92. The van der Waals surface area contributed by atoms with Gasteiger partial charge in [-0.3, -0.25) is 4.98 Å². The van der Waals surface area contributed by atoms with E-state index in [2.05, 4.69) is 31.4 Å². The molecule has 0 radical (unpaired) electrons. The lowest BCUT2D eigenvalue weighted by Crippen LogP contribution is -2.49. The van der Waals surface area contributed by atoms with Crippen LogP contribution >= 0.6 is 0 Å². The van der Waals surface area contributed by atoms with E-state index in [4.69, 9.17) is 9.47 Å². The van der Waals surface area contributed by atoms with Crippen LogP contribution in [-0.2, 0) is 4.74 Å². The molecule has 0 spiro atoms. The maximum Gasteiger partial charge on any atom is 0.154 e. The molecule has 9 heteroatoms. The van der Waals surface area contributed by atoms with Gasteiger partial charge >= 0.3 is 0 Å². The van der Waals surface area contributed by atoms with Gasteiger partial charge in [-0.15, -0.1) is 0 Å². The van der Waals surface area contributed by atoms with Crippen LogP contribution in [0.5, 0.6) is 5.75 Å². The fourth-order valence-corrected chi connectivity index (χ4v) is 3.86. The van der Waals surface area contributed by atoms with E-state index < -0.39 is 0 Å². The summed E-state index contributed by atoms with van der Waals surface area (Å²) in [5, 5.41) is 17.6. The van der Waals surface area contributed by atoms with Gasteiger partial charge in [-0.05, 0) is 44.5 Å². The molecule has 1 fully saturated rings. The molecule has 0 unspecified atom stereocenters. The second kappa shape index (κ2) is 8.42. The Hall–Kier alpha value is -3.56. The molecule has 0 amide bonds. The van der Waals surface area contributed by atoms with Gasteiger partial charge in [-0.1, -0.05) is 0 Å². The summed E-state index contributed by atoms with van der Waals surface area (Å²) >= 11 is 0. The summed E-state index contributed by atoms with van der Waals surface area (Å²) in [4.78, 5) is 13.1. The Morgan fingerprint density at radius 3 is 2.67 bits per heavy atom. The number of nitrogens with one attached hydrogen (secondary N) is 1. The van der Waals surface area contributed by atoms with Crippen molar-refractivity contribution in [1.29, 1.82) is 0 Å². The highest BCUT2D eigenvalue weighted by molar-refractivity contribution is 5.75. The van der Waals surface area contributed by atoms with Crippen LogP contribution in [0.2, 0.25) is 0 Å². The fourth-order valence-electron chi connectivity index (χ4n) is 3.86. The molecule has 0 aliphatic carbocycles. The molecule has 9 nitrogen and oxygen atoms in total. The van der Waals surface area contributed by atoms with Gasteiger partial charge in [0.05, 0.1) is 36.9 Å². The van der Waals surface area contributed by atoms with Gasteiger partial charge in [0.2, 0.25) is 0 Å². The molecule has 4 aromatic heterocycles. The number of aliphatic hydroxyl groups is 1. The van der Waals surface area contributed by atoms with E-state index in [1.165, 1.54) is 0 Å². The molecule has 1 aliphatic rings. The van der Waals surface area contributed by atoms with E-state index >= 15 is 0 Å². The number of rotatable bonds is 7. The molecule has 0 atom stereocenters. The van der Waals surface area contributed by atoms with Crippen LogP contribution in [0, 0.1) is 26.2 Å². The van der Waals surface area contributed by atoms with Gasteiger partial charge in [-0.25, -0.2) is 14.5 Å². The van der Waals surface area contributed by atoms with Crippen molar-refractivity contribution in [2.45, 2.75) is 20.8 Å². The highest BCUT2D eigenvalue weighted by atomic mass is 16.5. The molecule has 4 aromatic rings. The number of aryl methyl sites for hydroxylation is 3. The van der Waals surface area contributed by atoms with Gasteiger partial charge in [0, 0.05) is 35.3 Å². The quantitative estimate of drug-likeness (QED) is 0.446. The second-order valence-corrected chi connectivity index (χ2v) is 8.64. The summed E-state index contributed by atoms with van der Waals surface area (Å²) in [6.07, 6.45) is 3.66. The maximum atomic E-state index is 9.70. The predicted octanol–water partition coefficient (Wildman–Crippen LogP) is 3.24. The Bertz CT molecular complexity index is 1290. The van der Waals surface area contributed by atoms with Crippen molar-refractivity contribution in [1.82, 2.24) is 24.6 Å². The van der Waals surface area contributed by atoms with Crippen LogP contribution in [0.4, 0.5) is 11.6 Å². The molecule has 0 saturated carbocycles. The first-order chi connectivity index (χ1) is 15.9. The molecule has 1 aliphatic heterocycles. The molecule has 33 heavy (non-hydrogen) atoms. The zero-order valence-electron chi connectivity index (χ0n) is 18.9. The van der Waals surface area contributed by atoms with E-state index in [1.54, 1.807) is 6.20 Å². The second-order valence-electron chi connectivity index (χ2n) is 8.64. The summed E-state index contributed by atoms with van der Waals surface area (Å²) in [7, 11) is 0. The number of pyridine rings is 2. The number of aliphatic hydroxyl groups excluding tert-OH is 1. The molecule has 5 heterocycles. The zero-order chi connectivity index (χ0) is 23.0. The van der Waals surface area contributed by atoms with Crippen molar-refractivity contribution in [3.63, 3.8) is 0 Å². The fraction of sp³-hybridized carbons (Fsp3) is 0.333. The first-order valence-electron chi connectivity index (χ1n) is 10.8. The minimum absolute atomic E-state index is 0.0323. The van der Waals surface area contributed by atoms with Crippen LogP contribution in [0.25, 0.3) is 16.6 Å². The highest BCUT2D eigenvalue weighted by Crippen LogP contribution is 2.34. The number of aromatic nitrogens is 5. The first-order valence-corrected chi connectivity index (χ1v) is 10.8. The Balaban J connectivity index is 1.43. The van der Waals surface area contributed by atoms with Gasteiger partial charge in [0.15, 0.2) is 5.82 Å². The van der Waals surface area contributed by atoms with Gasteiger partial charge < -0.3 is 19.9 Å². The topological polar surface area (TPSA) is 107 Å². The van der Waals surface area contributed by atoms with Crippen molar-refractivity contribution >= 4 is 17.2 Å². The molecule has 0 bridgehead atoms. The van der Waals surface area contributed by atoms with Crippen molar-refractivity contribution in [2.75, 3.05) is 31.7 Å². The van der Waals surface area contributed by atoms with Crippen LogP contribution in [0.3, 0.4) is 0 Å². The maximum absolute atomic E-state index is 9.70. The average molecular weight is 447 g/mol. The smallest absolute Gasteiger partial charge is 0.154 e. The number of hydrogen-bond donors (Lipinski definition) is 2. The lowest BCUT2D eigenvalue weighted by Gasteiger charge is -2.39. The van der Waals surface area contributed by atoms with E-state index in [9.17, 15) is 5.11 Å². The van der Waals surface area contributed by atoms with Crippen LogP contribution in [0.15, 0.2) is 42.7 Å². The van der Waals surface area contributed by atoms with Gasteiger partial charge in [0.1, 0.15) is 24.0 Å². The molecule has 2 N–H and O–H groups in total. The van der Waals surface area contributed by atoms with E-state index in [1.807, 2.05) is 55.7 Å². The number of ether oxygens (including phenoxy) is 2. The van der Waals surface area contributed by atoms with E-state index in [-0.39, 0.29) is 12.0 Å². The standard InChI is InChI=1S/C24H26N6O3/c1-15-6-20(21(10-25-15)33-14-24(11-31)12-32-13-24)18-4-5-30-19(8-18)9-23(29-30)28-22-7-16(2)26-17(3)27-22/h4-10,31H,11-14H2,1-3H3,(H,26,27,28,29). The van der Waals surface area contributed by atoms with Crippen molar-refractivity contribution in [3.05, 3.63) is 59.9 Å². The number of fused-ring (bicyclic) bond motifs is 1. The third-order valence-corrected chi connectivity index (χ3v) is 5.69. The predicted molar refractivity (Wildman–Crippen MR) is 124 cm³/mol. The van der Waals surface area contributed by atoms with Crippen LogP contribution in [0.1, 0.15) is 17.2 Å². The number of anilines is 2. The van der Waals surface area contributed by atoms with E-state index in [0.29, 0.717) is 43.0 Å². The molecule has 0 aromatic carbocycles. The largest absolute Gasteiger partial charge is 0.490 e. The normalized spacial score (nSPS) is 14.8. The zero-order valence-corrected chi connectivity index (χ0v) is 18.9. The highest BCUT2D eigenvalue weighted by Gasteiger charge is 2.39. The Labute approximate surface area is 191 Å². The molecule has 1 saturated heterocycles. The van der Waals surface area contributed by atoms with Crippen molar-refractivity contribution in [2.24, 2.45) is 5.41 Å². The first kappa shape index (κ1) is 21.3. The molecule has 5 rings (SSSR count). The lowest BCUT2D eigenvalue weighted by molar-refractivity contribution is -0.153. The molecule has 170 valence electrons. The third kappa shape index (κ3) is 4.37. The minimum atomic E-state index is -0.337. The lowest BCUT2D eigenvalue weighted by atomic mass is 9.88. The van der Waals surface area contributed by atoms with Crippen molar-refractivity contribution < 1.29 is 14.6 Å². The van der Waals surface area contributed by atoms with Crippen LogP contribution in [-0.4, -0.2) is 56.1 Å². The Morgan fingerprint density at radius 1 is 1.09 bits per heavy atom. The summed E-state index contributed by atoms with van der Waals surface area (Å²) in [5.74, 6) is 2.79. The molecular weight excluding hydrogens is 420 g/mol. The third-order valence-electron chi connectivity index (χ3n) is 5.69. The monoisotopic (exact) mass is 446 g/mol. The average Bonchev–Trinajstić information content (AvgIpc) is 3.14. The number of nitrogens with zero attached hydrogens (tertiary/aromatic N) is 5.